The Balaban J connectivity index is -0.000000641. The summed E-state index contributed by atoms with van der Waals surface area (Å²) in [5, 5.41) is 29.9. The minimum absolute atomic E-state index is 0. The van der Waals surface area contributed by atoms with Crippen molar-refractivity contribution in [1.82, 2.24) is 44.0 Å². The summed E-state index contributed by atoms with van der Waals surface area (Å²) in [5.74, 6) is 1.06. The Morgan fingerprint density at radius 3 is 1.54 bits per heavy atom. The van der Waals surface area contributed by atoms with Gasteiger partial charge in [0.15, 0.2) is 11.6 Å². The molecule has 6 aromatic rings. The molecule has 0 aliphatic heterocycles. The van der Waals surface area contributed by atoms with Crippen LogP contribution in [-0.4, -0.2) is 60.3 Å². The fraction of sp³-hybridized carbons (Fsp3) is 0.138. The first-order valence-electron chi connectivity index (χ1n) is 13.5. The Labute approximate surface area is 414 Å². The second-order valence-electron chi connectivity index (χ2n) is 9.33. The molecular formula is C29H30Cl4K2N12O7. The van der Waals surface area contributed by atoms with E-state index in [2.05, 4.69) is 39.8 Å². The third-order valence-electron chi connectivity index (χ3n) is 5.44. The zero-order valence-corrected chi connectivity index (χ0v) is 37.7. The van der Waals surface area contributed by atoms with E-state index in [4.69, 9.17) is 62.2 Å². The molecule has 0 saturated carbocycles. The van der Waals surface area contributed by atoms with Gasteiger partial charge in [-0.1, -0.05) is 53.8 Å². The molecule has 0 aromatic carbocycles. The van der Waals surface area contributed by atoms with Crippen molar-refractivity contribution in [3.8, 4) is 11.6 Å². The quantitative estimate of drug-likeness (QED) is 0.0584. The van der Waals surface area contributed by atoms with Gasteiger partial charge in [0.05, 0.1) is 54.5 Å². The van der Waals surface area contributed by atoms with Crippen LogP contribution < -0.4 is 114 Å². The number of nitrogens with two attached hydrogens (primary N) is 1. The number of nitrogen functional groups attached to an aromatic ring is 1. The molecule has 0 amide bonds. The molecule has 0 spiro atoms. The normalized spacial score (nSPS) is 9.11. The zero-order chi connectivity index (χ0) is 38.1. The van der Waals surface area contributed by atoms with Crippen LogP contribution in [0.2, 0.25) is 20.2 Å². The van der Waals surface area contributed by atoms with E-state index >= 15 is 0 Å². The van der Waals surface area contributed by atoms with E-state index in [9.17, 15) is 20.2 Å². The zero-order valence-electron chi connectivity index (χ0n) is 29.4. The summed E-state index contributed by atoms with van der Waals surface area (Å²) in [4.78, 5) is 57.1. The van der Waals surface area contributed by atoms with Crippen LogP contribution >= 0.6 is 46.4 Å². The molecule has 54 heavy (non-hydrogen) atoms. The van der Waals surface area contributed by atoms with E-state index in [0.717, 1.165) is 35.5 Å². The van der Waals surface area contributed by atoms with Gasteiger partial charge in [0.1, 0.15) is 30.2 Å². The summed E-state index contributed by atoms with van der Waals surface area (Å²) in [7, 11) is 0. The molecule has 3 N–H and O–H groups in total. The number of nitrogens with zero attached hydrogens (tertiary/aromatic N) is 10. The second kappa shape index (κ2) is 28.0. The fourth-order valence-corrected chi connectivity index (χ4v) is 4.05. The molecule has 0 aliphatic rings. The molecule has 6 heterocycles. The van der Waals surface area contributed by atoms with Crippen LogP contribution in [0, 0.1) is 41.0 Å². The first kappa shape index (κ1) is 53.6. The number of hydrogen-bond acceptors (Lipinski definition) is 14. The van der Waals surface area contributed by atoms with Crippen LogP contribution in [0.15, 0.2) is 74.4 Å². The van der Waals surface area contributed by atoms with Crippen molar-refractivity contribution in [2.45, 2.75) is 28.2 Å². The minimum Gasteiger partial charge on any atom is -1.00 e. The molecule has 6 aromatic heterocycles. The van der Waals surface area contributed by atoms with Crippen molar-refractivity contribution in [1.29, 1.82) is 0 Å². The smallest absolute Gasteiger partial charge is 1.00 e. The van der Waals surface area contributed by atoms with E-state index < -0.39 is 9.85 Å². The predicted octanol–water partition coefficient (Wildman–Crippen LogP) is 0.155. The Hall–Kier alpha value is -2.46. The van der Waals surface area contributed by atoms with Crippen molar-refractivity contribution >= 4 is 69.9 Å². The molecule has 0 unspecified atom stereocenters. The molecule has 0 saturated heterocycles. The third-order valence-corrected chi connectivity index (χ3v) is 6.68. The number of nitrogens with one attached hydrogen (secondary N) is 1. The van der Waals surface area contributed by atoms with E-state index in [1.165, 1.54) is 6.07 Å². The molecule has 0 radical (unpaired) electrons. The number of nitro groups is 2. The summed E-state index contributed by atoms with van der Waals surface area (Å²) in [5.41, 5.74) is 8.63. The summed E-state index contributed by atoms with van der Waals surface area (Å²) in [6.07, 6.45) is 14.0. The molecule has 25 heteroatoms. The largest absolute Gasteiger partial charge is 1.00 e. The molecule has 6 rings (SSSR count). The predicted molar refractivity (Wildman–Crippen MR) is 193 cm³/mol. The SMILES string of the molecule is C.Cc1cn(-c2ncc(N)cc2Cl)cn1.Cc1cn(-c2ncc([N+](=O)[O-])cc2Cl)cn1.Cc1cnc[nH]1.O=CO[O-].O=[N+]([O-])c1cnc(Cl)c(Cl)c1.[H-].[K+].[K+]. The number of hydrogen-bond donors (Lipinski definition) is 2. The number of carbonyl (C=O) groups is 1. The number of aryl methyl sites for hydroxylation is 3. The van der Waals surface area contributed by atoms with Gasteiger partial charge in [0.25, 0.3) is 17.8 Å². The van der Waals surface area contributed by atoms with Gasteiger partial charge in [-0.15, -0.1) is 0 Å². The van der Waals surface area contributed by atoms with Gasteiger partial charge in [0.2, 0.25) is 0 Å². The number of pyridine rings is 3. The first-order chi connectivity index (χ1) is 24.2. The fourth-order valence-electron chi connectivity index (χ4n) is 3.26. The number of carbonyl (C=O) groups excluding carboxylic acids is 1. The minimum atomic E-state index is -0.588. The van der Waals surface area contributed by atoms with Gasteiger partial charge >= 0.3 is 103 Å². The molecule has 0 fully saturated rings. The number of H-pyrrole nitrogens is 1. The average Bonchev–Trinajstić information content (AvgIpc) is 3.86. The second-order valence-corrected chi connectivity index (χ2v) is 10.9. The van der Waals surface area contributed by atoms with Crippen molar-refractivity contribution in [2.75, 3.05) is 5.73 Å². The van der Waals surface area contributed by atoms with Gasteiger partial charge in [-0.25, -0.2) is 29.9 Å². The summed E-state index contributed by atoms with van der Waals surface area (Å²) in [6.45, 7) is 5.52. The number of aromatic amines is 1. The Morgan fingerprint density at radius 2 is 1.22 bits per heavy atom. The van der Waals surface area contributed by atoms with Gasteiger partial charge < -0.3 is 22.3 Å². The Bertz CT molecular complexity index is 2060. The molecule has 0 aliphatic carbocycles. The van der Waals surface area contributed by atoms with Crippen LogP contribution in [0.25, 0.3) is 11.6 Å². The maximum Gasteiger partial charge on any atom is 1.00 e. The average molecular weight is 879 g/mol. The summed E-state index contributed by atoms with van der Waals surface area (Å²) in [6, 6.07) is 4.08. The van der Waals surface area contributed by atoms with Crippen molar-refractivity contribution in [3.05, 3.63) is 132 Å². The van der Waals surface area contributed by atoms with Crippen LogP contribution in [0.4, 0.5) is 17.1 Å². The van der Waals surface area contributed by atoms with Crippen LogP contribution in [0.3, 0.4) is 0 Å². The molecule has 278 valence electrons. The first-order valence-corrected chi connectivity index (χ1v) is 15.0. The van der Waals surface area contributed by atoms with Crippen LogP contribution in [-0.2, 0) is 9.68 Å². The van der Waals surface area contributed by atoms with Gasteiger partial charge in [-0.3, -0.25) is 34.2 Å². The molecule has 19 nitrogen and oxygen atoms in total. The van der Waals surface area contributed by atoms with Gasteiger partial charge in [-0.05, 0) is 26.8 Å². The third kappa shape index (κ3) is 18.9. The molecule has 0 bridgehead atoms. The Kier molecular flexibility index (Phi) is 27.8. The van der Waals surface area contributed by atoms with E-state index in [0.29, 0.717) is 22.3 Å². The molecular weight excluding hydrogens is 848 g/mol. The van der Waals surface area contributed by atoms with Gasteiger partial charge in [-0.2, -0.15) is 0 Å². The number of anilines is 1. The van der Waals surface area contributed by atoms with Gasteiger partial charge in [0, 0.05) is 36.4 Å². The number of rotatable bonds is 5. The maximum absolute atomic E-state index is 10.5. The van der Waals surface area contributed by atoms with E-state index in [1.54, 1.807) is 52.8 Å². The topological polar surface area (TPSA) is 265 Å². The monoisotopic (exact) mass is 876 g/mol. The van der Waals surface area contributed by atoms with Crippen LogP contribution in [0.1, 0.15) is 25.9 Å². The van der Waals surface area contributed by atoms with Crippen molar-refractivity contribution in [2.24, 2.45) is 0 Å². The van der Waals surface area contributed by atoms with Crippen molar-refractivity contribution < 1.29 is 129 Å². The standard InChI is InChI=1S/C9H7ClN4O2.C9H9ClN4.C5H2Cl2N2O2.C4H6N2.CH2O3.CH4.2K.H/c1-6-4-13(5-12-6)9-8(10)2-7(3-11-9)14(15)16;1-6-4-14(5-13-6)9-8(10)2-7(11)3-12-9;6-4-1-3(9(10)11)2-8-5(4)7;1-4-2-5-3-6-4;2-1-4-3;;;;/h2-5H,1H3;2-5H,11H2,1H3;1-2H;2-3H,1H3,(H,5,6);1,3H;1H4;;;/q;;;;;;2*+1;-1/p-1. The number of imidazole rings is 3. The summed E-state index contributed by atoms with van der Waals surface area (Å²) >= 11 is 22.8. The summed E-state index contributed by atoms with van der Waals surface area (Å²) < 4.78 is 3.37. The number of aromatic nitrogens is 9. The Morgan fingerprint density at radius 1 is 0.778 bits per heavy atom. The van der Waals surface area contributed by atoms with Crippen LogP contribution in [0.5, 0.6) is 0 Å². The number of halogens is 4. The van der Waals surface area contributed by atoms with E-state index in [1.807, 2.05) is 27.0 Å². The molecule has 0 atom stereocenters. The van der Waals surface area contributed by atoms with Crippen molar-refractivity contribution in [3.63, 3.8) is 0 Å². The van der Waals surface area contributed by atoms with E-state index in [-0.39, 0.29) is 145 Å². The maximum atomic E-state index is 10.5.